The summed E-state index contributed by atoms with van der Waals surface area (Å²) in [7, 11) is 0. The van der Waals surface area contributed by atoms with Crippen LogP contribution < -0.4 is 5.32 Å². The lowest BCUT2D eigenvalue weighted by molar-refractivity contribution is -0.123. The minimum absolute atomic E-state index is 0.309. The van der Waals surface area contributed by atoms with E-state index in [2.05, 4.69) is 15.3 Å². The number of amides is 1. The number of carbonyl (C=O) groups is 2. The molecule has 0 saturated carbocycles. The Kier molecular flexibility index (Phi) is 5.61. The Labute approximate surface area is 167 Å². The van der Waals surface area contributed by atoms with Crippen molar-refractivity contribution in [3.8, 4) is 0 Å². The standard InChI is InChI=1S/C21H20ClN3O3/c1-11-5-7-16(22)10-18(11)25-20(26)14(4)28-21(27)15-6-8-17-19(9-15)24-13(3)12(2)23-17/h5-10,14H,1-4H3,(H,25,26)/t14-/m1/s1. The van der Waals surface area contributed by atoms with Crippen molar-refractivity contribution < 1.29 is 14.3 Å². The van der Waals surface area contributed by atoms with Crippen LogP contribution in [-0.4, -0.2) is 27.9 Å². The van der Waals surface area contributed by atoms with E-state index < -0.39 is 18.0 Å². The quantitative estimate of drug-likeness (QED) is 0.660. The third-order valence-corrected chi connectivity index (χ3v) is 4.66. The van der Waals surface area contributed by atoms with Gasteiger partial charge in [-0.3, -0.25) is 4.79 Å². The van der Waals surface area contributed by atoms with Crippen LogP contribution in [0.25, 0.3) is 11.0 Å². The van der Waals surface area contributed by atoms with Crippen LogP contribution >= 0.6 is 11.6 Å². The van der Waals surface area contributed by atoms with E-state index in [1.54, 1.807) is 36.4 Å². The monoisotopic (exact) mass is 397 g/mol. The summed E-state index contributed by atoms with van der Waals surface area (Å²) in [5.41, 5.74) is 4.67. The predicted octanol–water partition coefficient (Wildman–Crippen LogP) is 4.39. The zero-order chi connectivity index (χ0) is 20.4. The highest BCUT2D eigenvalue weighted by Crippen LogP contribution is 2.21. The summed E-state index contributed by atoms with van der Waals surface area (Å²) in [6.45, 7) is 7.10. The molecule has 0 fully saturated rings. The van der Waals surface area contributed by atoms with Crippen LogP contribution in [-0.2, 0) is 9.53 Å². The number of nitrogens with one attached hydrogen (secondary N) is 1. The molecule has 0 aliphatic heterocycles. The fourth-order valence-corrected chi connectivity index (χ4v) is 2.78. The molecule has 1 N–H and O–H groups in total. The summed E-state index contributed by atoms with van der Waals surface area (Å²) in [6.07, 6.45) is -0.979. The van der Waals surface area contributed by atoms with Crippen LogP contribution in [0.1, 0.15) is 34.2 Å². The van der Waals surface area contributed by atoms with Gasteiger partial charge in [-0.2, -0.15) is 0 Å². The third-order valence-electron chi connectivity index (χ3n) is 4.42. The third kappa shape index (κ3) is 4.28. The Morgan fingerprint density at radius 1 is 1.00 bits per heavy atom. The molecule has 3 rings (SSSR count). The van der Waals surface area contributed by atoms with Gasteiger partial charge in [-0.1, -0.05) is 17.7 Å². The van der Waals surface area contributed by atoms with Crippen LogP contribution in [0.5, 0.6) is 0 Å². The molecular formula is C21H20ClN3O3. The van der Waals surface area contributed by atoms with Crippen molar-refractivity contribution in [1.29, 1.82) is 0 Å². The molecule has 6 nitrogen and oxygen atoms in total. The zero-order valence-corrected chi connectivity index (χ0v) is 16.8. The van der Waals surface area contributed by atoms with Crippen LogP contribution in [0.4, 0.5) is 5.69 Å². The minimum Gasteiger partial charge on any atom is -0.449 e. The molecule has 0 radical (unpaired) electrons. The molecule has 1 heterocycles. The average Bonchev–Trinajstić information content (AvgIpc) is 2.65. The summed E-state index contributed by atoms with van der Waals surface area (Å²) >= 11 is 5.97. The van der Waals surface area contributed by atoms with Gasteiger partial charge in [0.25, 0.3) is 5.91 Å². The Hall–Kier alpha value is -2.99. The Morgan fingerprint density at radius 2 is 1.68 bits per heavy atom. The molecule has 0 saturated heterocycles. The average molecular weight is 398 g/mol. The first kappa shape index (κ1) is 19.8. The molecule has 1 atom stereocenters. The van der Waals surface area contributed by atoms with Crippen molar-refractivity contribution in [2.24, 2.45) is 0 Å². The van der Waals surface area contributed by atoms with Crippen molar-refractivity contribution in [2.45, 2.75) is 33.8 Å². The van der Waals surface area contributed by atoms with Crippen LogP contribution in [0.2, 0.25) is 5.02 Å². The maximum absolute atomic E-state index is 12.5. The molecule has 0 bridgehead atoms. The van der Waals surface area contributed by atoms with Crippen molar-refractivity contribution in [2.75, 3.05) is 5.32 Å². The van der Waals surface area contributed by atoms with Gasteiger partial charge in [0, 0.05) is 10.7 Å². The first-order valence-corrected chi connectivity index (χ1v) is 9.15. The van der Waals surface area contributed by atoms with E-state index in [1.165, 1.54) is 6.92 Å². The number of ether oxygens (including phenoxy) is 1. The topological polar surface area (TPSA) is 81.2 Å². The van der Waals surface area contributed by atoms with Gasteiger partial charge in [-0.25, -0.2) is 14.8 Å². The first-order chi connectivity index (χ1) is 13.2. The number of benzene rings is 2. The van der Waals surface area contributed by atoms with E-state index in [0.717, 1.165) is 17.0 Å². The van der Waals surface area contributed by atoms with E-state index in [0.29, 0.717) is 27.3 Å². The van der Waals surface area contributed by atoms with E-state index >= 15 is 0 Å². The van der Waals surface area contributed by atoms with E-state index in [1.807, 2.05) is 20.8 Å². The van der Waals surface area contributed by atoms with E-state index in [-0.39, 0.29) is 0 Å². The van der Waals surface area contributed by atoms with Crippen LogP contribution in [0.3, 0.4) is 0 Å². The number of aromatic nitrogens is 2. The fraction of sp³-hybridized carbons (Fsp3) is 0.238. The van der Waals surface area contributed by atoms with Crippen molar-refractivity contribution in [3.63, 3.8) is 0 Å². The summed E-state index contributed by atoms with van der Waals surface area (Å²) in [5.74, 6) is -1.04. The van der Waals surface area contributed by atoms with E-state index in [9.17, 15) is 9.59 Å². The Bertz CT molecular complexity index is 1080. The lowest BCUT2D eigenvalue weighted by atomic mass is 10.1. The molecule has 0 aliphatic carbocycles. The number of hydrogen-bond donors (Lipinski definition) is 1. The highest BCUT2D eigenvalue weighted by Gasteiger charge is 2.20. The largest absolute Gasteiger partial charge is 0.449 e. The SMILES string of the molecule is Cc1ccc(Cl)cc1NC(=O)[C@@H](C)OC(=O)c1ccc2nc(C)c(C)nc2c1. The van der Waals surface area contributed by atoms with Gasteiger partial charge in [0.2, 0.25) is 0 Å². The lowest BCUT2D eigenvalue weighted by Crippen LogP contribution is -2.30. The highest BCUT2D eigenvalue weighted by molar-refractivity contribution is 6.31. The van der Waals surface area contributed by atoms with Gasteiger partial charge in [0.05, 0.1) is 28.0 Å². The van der Waals surface area contributed by atoms with Gasteiger partial charge in [-0.15, -0.1) is 0 Å². The number of aryl methyl sites for hydroxylation is 3. The Morgan fingerprint density at radius 3 is 2.39 bits per heavy atom. The maximum Gasteiger partial charge on any atom is 0.338 e. The molecule has 0 spiro atoms. The summed E-state index contributed by atoms with van der Waals surface area (Å²) in [4.78, 5) is 33.7. The number of nitrogens with zero attached hydrogens (tertiary/aromatic N) is 2. The molecule has 7 heteroatoms. The number of carbonyl (C=O) groups excluding carboxylic acids is 2. The zero-order valence-electron chi connectivity index (χ0n) is 16.0. The number of fused-ring (bicyclic) bond motifs is 1. The summed E-state index contributed by atoms with van der Waals surface area (Å²) < 4.78 is 5.31. The van der Waals surface area contributed by atoms with Crippen LogP contribution in [0.15, 0.2) is 36.4 Å². The van der Waals surface area contributed by atoms with Crippen molar-refractivity contribution in [3.05, 3.63) is 63.9 Å². The number of rotatable bonds is 4. The van der Waals surface area contributed by atoms with E-state index in [4.69, 9.17) is 16.3 Å². The van der Waals surface area contributed by atoms with Crippen LogP contribution in [0, 0.1) is 20.8 Å². The normalized spacial score (nSPS) is 11.9. The second kappa shape index (κ2) is 7.94. The lowest BCUT2D eigenvalue weighted by Gasteiger charge is -2.15. The fourth-order valence-electron chi connectivity index (χ4n) is 2.60. The molecule has 28 heavy (non-hydrogen) atoms. The molecule has 1 amide bonds. The number of anilines is 1. The smallest absolute Gasteiger partial charge is 0.338 e. The minimum atomic E-state index is -0.979. The summed E-state index contributed by atoms with van der Waals surface area (Å²) in [5, 5.41) is 3.24. The Balaban J connectivity index is 1.72. The first-order valence-electron chi connectivity index (χ1n) is 8.77. The van der Waals surface area contributed by atoms with Crippen molar-refractivity contribution in [1.82, 2.24) is 9.97 Å². The van der Waals surface area contributed by atoms with Gasteiger partial charge in [-0.05, 0) is 63.6 Å². The van der Waals surface area contributed by atoms with Gasteiger partial charge < -0.3 is 10.1 Å². The van der Waals surface area contributed by atoms with Gasteiger partial charge in [0.1, 0.15) is 0 Å². The van der Waals surface area contributed by atoms with Gasteiger partial charge >= 0.3 is 5.97 Å². The summed E-state index contributed by atoms with van der Waals surface area (Å²) in [6, 6.07) is 10.1. The highest BCUT2D eigenvalue weighted by atomic mass is 35.5. The molecule has 3 aromatic rings. The number of esters is 1. The predicted molar refractivity (Wildman–Crippen MR) is 109 cm³/mol. The molecule has 0 aliphatic rings. The second-order valence-corrected chi connectivity index (χ2v) is 7.03. The number of hydrogen-bond acceptors (Lipinski definition) is 5. The van der Waals surface area contributed by atoms with Crippen molar-refractivity contribution >= 4 is 40.2 Å². The van der Waals surface area contributed by atoms with Gasteiger partial charge in [0.15, 0.2) is 6.10 Å². The molecule has 0 unspecified atom stereocenters. The molecule has 1 aromatic heterocycles. The maximum atomic E-state index is 12.5. The molecular weight excluding hydrogens is 378 g/mol. The second-order valence-electron chi connectivity index (χ2n) is 6.59. The number of halogens is 1. The molecule has 144 valence electrons. The molecule has 2 aromatic carbocycles.